The largest absolute Gasteiger partial charge is 0.491 e. The second-order valence-electron chi connectivity index (χ2n) is 4.96. The Kier molecular flexibility index (Phi) is 5.63. The molecule has 2 N–H and O–H groups in total. The highest BCUT2D eigenvalue weighted by atomic mass is 16.5. The van der Waals surface area contributed by atoms with E-state index in [-0.39, 0.29) is 6.10 Å². The first kappa shape index (κ1) is 14.3. The Bertz CT molecular complexity index is 360. The van der Waals surface area contributed by atoms with Crippen molar-refractivity contribution in [3.63, 3.8) is 0 Å². The minimum absolute atomic E-state index is 0.314. The molecule has 2 unspecified atom stereocenters. The topological polar surface area (TPSA) is 50.7 Å². The molecule has 1 fully saturated rings. The van der Waals surface area contributed by atoms with E-state index in [1.54, 1.807) is 7.11 Å². The van der Waals surface area contributed by atoms with Crippen LogP contribution in [-0.4, -0.2) is 38.5 Å². The van der Waals surface area contributed by atoms with Crippen LogP contribution in [0.1, 0.15) is 24.5 Å². The standard InChI is InChI=1S/C15H23NO3/c1-18-9-10-19-14-6-4-12(5-7-14)15(17)13-3-2-8-16-11-13/h4-7,13,15-17H,2-3,8-11H2,1H3. The SMILES string of the molecule is COCCOc1ccc(C(O)C2CCCNC2)cc1. The van der Waals surface area contributed by atoms with E-state index in [9.17, 15) is 5.11 Å². The Morgan fingerprint density at radius 3 is 2.74 bits per heavy atom. The van der Waals surface area contributed by atoms with Gasteiger partial charge >= 0.3 is 0 Å². The maximum absolute atomic E-state index is 10.3. The molecule has 1 aromatic carbocycles. The van der Waals surface area contributed by atoms with Crippen molar-refractivity contribution in [3.8, 4) is 5.75 Å². The molecule has 4 nitrogen and oxygen atoms in total. The predicted octanol–water partition coefficient (Wildman–Crippen LogP) is 1.74. The number of hydrogen-bond donors (Lipinski definition) is 2. The van der Waals surface area contributed by atoms with E-state index in [0.717, 1.165) is 37.2 Å². The number of aliphatic hydroxyl groups excluding tert-OH is 1. The highest BCUT2D eigenvalue weighted by molar-refractivity contribution is 5.28. The zero-order valence-corrected chi connectivity index (χ0v) is 11.5. The van der Waals surface area contributed by atoms with Gasteiger partial charge in [-0.2, -0.15) is 0 Å². The number of hydrogen-bond acceptors (Lipinski definition) is 4. The molecule has 1 aliphatic heterocycles. The molecule has 0 aromatic heterocycles. The summed E-state index contributed by atoms with van der Waals surface area (Å²) >= 11 is 0. The summed E-state index contributed by atoms with van der Waals surface area (Å²) in [5.41, 5.74) is 0.966. The zero-order valence-electron chi connectivity index (χ0n) is 11.5. The van der Waals surface area contributed by atoms with Crippen molar-refractivity contribution in [2.75, 3.05) is 33.4 Å². The number of ether oxygens (including phenoxy) is 2. The van der Waals surface area contributed by atoms with E-state index >= 15 is 0 Å². The summed E-state index contributed by atoms with van der Waals surface area (Å²) in [6, 6.07) is 7.71. The van der Waals surface area contributed by atoms with Gasteiger partial charge in [0.1, 0.15) is 12.4 Å². The van der Waals surface area contributed by atoms with E-state index in [4.69, 9.17) is 9.47 Å². The van der Waals surface area contributed by atoms with Crippen LogP contribution in [0.4, 0.5) is 0 Å². The third-order valence-corrected chi connectivity index (χ3v) is 3.56. The Morgan fingerprint density at radius 1 is 1.32 bits per heavy atom. The first-order valence-electron chi connectivity index (χ1n) is 6.91. The van der Waals surface area contributed by atoms with Gasteiger partial charge in [-0.05, 0) is 37.1 Å². The van der Waals surface area contributed by atoms with Crippen molar-refractivity contribution < 1.29 is 14.6 Å². The van der Waals surface area contributed by atoms with Crippen LogP contribution in [0, 0.1) is 5.92 Å². The van der Waals surface area contributed by atoms with E-state index in [1.807, 2.05) is 24.3 Å². The fraction of sp³-hybridized carbons (Fsp3) is 0.600. The molecule has 1 heterocycles. The third-order valence-electron chi connectivity index (χ3n) is 3.56. The third kappa shape index (κ3) is 4.20. The fourth-order valence-corrected chi connectivity index (χ4v) is 2.42. The first-order chi connectivity index (χ1) is 9.31. The van der Waals surface area contributed by atoms with Crippen LogP contribution < -0.4 is 10.1 Å². The average Bonchev–Trinajstić information content (AvgIpc) is 2.48. The molecular weight excluding hydrogens is 242 g/mol. The summed E-state index contributed by atoms with van der Waals surface area (Å²) in [6.07, 6.45) is 1.83. The van der Waals surface area contributed by atoms with Gasteiger partial charge in [-0.1, -0.05) is 12.1 Å². The Hall–Kier alpha value is -1.10. The molecule has 0 aliphatic carbocycles. The van der Waals surface area contributed by atoms with Crippen LogP contribution in [0.5, 0.6) is 5.75 Å². The van der Waals surface area contributed by atoms with Crippen LogP contribution in [0.2, 0.25) is 0 Å². The number of piperidine rings is 1. The summed E-state index contributed by atoms with van der Waals surface area (Å²) in [5.74, 6) is 1.13. The van der Waals surface area contributed by atoms with Crippen LogP contribution in [0.3, 0.4) is 0 Å². The summed E-state index contributed by atoms with van der Waals surface area (Å²) in [7, 11) is 1.65. The van der Waals surface area contributed by atoms with Crippen molar-refractivity contribution in [2.45, 2.75) is 18.9 Å². The van der Waals surface area contributed by atoms with Crippen LogP contribution in [-0.2, 0) is 4.74 Å². The summed E-state index contributed by atoms with van der Waals surface area (Å²) < 4.78 is 10.4. The van der Waals surface area contributed by atoms with Gasteiger partial charge in [-0.25, -0.2) is 0 Å². The lowest BCUT2D eigenvalue weighted by molar-refractivity contribution is 0.0920. The van der Waals surface area contributed by atoms with Crippen molar-refractivity contribution in [1.82, 2.24) is 5.32 Å². The minimum atomic E-state index is -0.388. The van der Waals surface area contributed by atoms with Gasteiger partial charge < -0.3 is 19.9 Å². The first-order valence-corrected chi connectivity index (χ1v) is 6.91. The Balaban J connectivity index is 1.89. The summed E-state index contributed by atoms with van der Waals surface area (Å²) in [5, 5.41) is 13.7. The predicted molar refractivity (Wildman–Crippen MR) is 74.4 cm³/mol. The van der Waals surface area contributed by atoms with Gasteiger partial charge in [0.2, 0.25) is 0 Å². The van der Waals surface area contributed by atoms with Crippen molar-refractivity contribution in [2.24, 2.45) is 5.92 Å². The molecule has 0 bridgehead atoms. The second kappa shape index (κ2) is 7.48. The van der Waals surface area contributed by atoms with Crippen LogP contribution in [0.25, 0.3) is 0 Å². The lowest BCUT2D eigenvalue weighted by Crippen LogP contribution is -2.33. The monoisotopic (exact) mass is 265 g/mol. The molecule has 1 aromatic rings. The van der Waals surface area contributed by atoms with E-state index in [1.165, 1.54) is 0 Å². The minimum Gasteiger partial charge on any atom is -0.491 e. The van der Waals surface area contributed by atoms with Gasteiger partial charge in [-0.3, -0.25) is 0 Å². The van der Waals surface area contributed by atoms with Crippen molar-refractivity contribution >= 4 is 0 Å². The lowest BCUT2D eigenvalue weighted by atomic mass is 9.89. The highest BCUT2D eigenvalue weighted by Gasteiger charge is 2.22. The molecule has 1 saturated heterocycles. The molecule has 0 radical (unpaired) electrons. The fourth-order valence-electron chi connectivity index (χ4n) is 2.42. The number of benzene rings is 1. The quantitative estimate of drug-likeness (QED) is 0.769. The van der Waals surface area contributed by atoms with Crippen LogP contribution >= 0.6 is 0 Å². The van der Waals surface area contributed by atoms with Crippen molar-refractivity contribution in [1.29, 1.82) is 0 Å². The smallest absolute Gasteiger partial charge is 0.119 e. The van der Waals surface area contributed by atoms with Gasteiger partial charge in [0.25, 0.3) is 0 Å². The number of rotatable bonds is 6. The normalized spacial score (nSPS) is 21.1. The molecule has 0 saturated carbocycles. The lowest BCUT2D eigenvalue weighted by Gasteiger charge is -2.27. The Morgan fingerprint density at radius 2 is 2.11 bits per heavy atom. The molecule has 4 heteroatoms. The number of nitrogens with one attached hydrogen (secondary N) is 1. The van der Waals surface area contributed by atoms with Crippen molar-refractivity contribution in [3.05, 3.63) is 29.8 Å². The van der Waals surface area contributed by atoms with E-state index in [0.29, 0.717) is 19.1 Å². The second-order valence-corrected chi connectivity index (χ2v) is 4.96. The molecule has 19 heavy (non-hydrogen) atoms. The highest BCUT2D eigenvalue weighted by Crippen LogP contribution is 2.28. The maximum Gasteiger partial charge on any atom is 0.119 e. The van der Waals surface area contributed by atoms with Gasteiger partial charge in [0.05, 0.1) is 12.7 Å². The van der Waals surface area contributed by atoms with E-state index < -0.39 is 0 Å². The van der Waals surface area contributed by atoms with Gasteiger partial charge in [-0.15, -0.1) is 0 Å². The molecule has 0 amide bonds. The molecule has 1 aliphatic rings. The van der Waals surface area contributed by atoms with Crippen LogP contribution in [0.15, 0.2) is 24.3 Å². The van der Waals surface area contributed by atoms with E-state index in [2.05, 4.69) is 5.32 Å². The number of methoxy groups -OCH3 is 1. The average molecular weight is 265 g/mol. The van der Waals surface area contributed by atoms with Gasteiger partial charge in [0, 0.05) is 19.6 Å². The van der Waals surface area contributed by atoms with Gasteiger partial charge in [0.15, 0.2) is 0 Å². The molecule has 2 rings (SSSR count). The summed E-state index contributed by atoms with van der Waals surface area (Å²) in [4.78, 5) is 0. The zero-order chi connectivity index (χ0) is 13.5. The number of aliphatic hydroxyl groups is 1. The molecular formula is C15H23NO3. The summed E-state index contributed by atoms with van der Waals surface area (Å²) in [6.45, 7) is 3.09. The Labute approximate surface area is 114 Å². The molecule has 106 valence electrons. The molecule has 2 atom stereocenters. The molecule has 0 spiro atoms. The maximum atomic E-state index is 10.3.